The minimum atomic E-state index is -0.694. The molecule has 28 heavy (non-hydrogen) atoms. The van der Waals surface area contributed by atoms with Gasteiger partial charge in [0.1, 0.15) is 17.6 Å². The number of hydrogen-bond donors (Lipinski definition) is 2. The summed E-state index contributed by atoms with van der Waals surface area (Å²) in [5, 5.41) is 5.78. The van der Waals surface area contributed by atoms with Crippen LogP contribution in [-0.4, -0.2) is 43.2 Å². The van der Waals surface area contributed by atoms with Crippen molar-refractivity contribution in [3.63, 3.8) is 0 Å². The highest BCUT2D eigenvalue weighted by Crippen LogP contribution is 2.32. The van der Waals surface area contributed by atoms with Crippen LogP contribution in [-0.2, 0) is 4.79 Å². The van der Waals surface area contributed by atoms with Gasteiger partial charge in [0.25, 0.3) is 0 Å². The fourth-order valence-corrected chi connectivity index (χ4v) is 3.18. The van der Waals surface area contributed by atoms with E-state index in [1.165, 1.54) is 30.5 Å². The van der Waals surface area contributed by atoms with E-state index in [-0.39, 0.29) is 5.91 Å². The molecule has 0 saturated carbocycles. The number of hydrogen-bond acceptors (Lipinski definition) is 4. The van der Waals surface area contributed by atoms with Crippen LogP contribution in [0.25, 0.3) is 0 Å². The van der Waals surface area contributed by atoms with Crippen LogP contribution in [0.15, 0.2) is 41.4 Å². The van der Waals surface area contributed by atoms with Gasteiger partial charge in [-0.15, -0.1) is 0 Å². The number of aliphatic imine (C=N–C) groups is 1. The first-order valence-electron chi connectivity index (χ1n) is 9.42. The molecule has 1 amide bonds. The Morgan fingerprint density at radius 3 is 2.68 bits per heavy atom. The number of fused-ring (bicyclic) bond motifs is 1. The first-order valence-corrected chi connectivity index (χ1v) is 9.42. The summed E-state index contributed by atoms with van der Waals surface area (Å²) in [5.41, 5.74) is 1.91. The van der Waals surface area contributed by atoms with Crippen LogP contribution in [0.3, 0.4) is 0 Å². The second-order valence-electron chi connectivity index (χ2n) is 6.59. The van der Waals surface area contributed by atoms with Gasteiger partial charge in [0.15, 0.2) is 0 Å². The van der Waals surface area contributed by atoms with Crippen molar-refractivity contribution in [2.45, 2.75) is 19.8 Å². The van der Waals surface area contributed by atoms with E-state index in [1.54, 1.807) is 12.1 Å². The first-order chi connectivity index (χ1) is 13.5. The zero-order valence-electron chi connectivity index (χ0n) is 16.0. The molecule has 1 unspecified atom stereocenters. The minimum absolute atomic E-state index is 0.278. The monoisotopic (exact) mass is 386 g/mol. The molecular formula is C21H24F2N4O. The van der Waals surface area contributed by atoms with E-state index in [9.17, 15) is 13.6 Å². The number of carbonyl (C=O) groups is 1. The molecule has 3 rings (SSSR count). The molecular weight excluding hydrogens is 362 g/mol. The molecule has 0 aromatic heterocycles. The summed E-state index contributed by atoms with van der Waals surface area (Å²) in [4.78, 5) is 18.6. The zero-order valence-corrected chi connectivity index (χ0v) is 16.0. The fourth-order valence-electron chi connectivity index (χ4n) is 3.18. The third kappa shape index (κ3) is 4.54. The number of amides is 1. The molecule has 0 fully saturated rings. The lowest BCUT2D eigenvalue weighted by Gasteiger charge is -2.18. The van der Waals surface area contributed by atoms with Gasteiger partial charge in [-0.25, -0.2) is 8.78 Å². The summed E-state index contributed by atoms with van der Waals surface area (Å²) in [6.45, 7) is 7.57. The van der Waals surface area contributed by atoms with Gasteiger partial charge >= 0.3 is 0 Å². The van der Waals surface area contributed by atoms with E-state index in [0.717, 1.165) is 19.6 Å². The average molecular weight is 386 g/mol. The third-order valence-electron chi connectivity index (χ3n) is 4.85. The Hall–Kier alpha value is -2.80. The molecule has 7 heteroatoms. The molecule has 0 saturated heterocycles. The van der Waals surface area contributed by atoms with Crippen molar-refractivity contribution in [3.8, 4) is 0 Å². The standard InChI is InChI=1S/C21H24F2N4O/c1-3-27(4-2)10-9-24-20-8-6-15(12-18(20)23)25-13-17-16-11-14(22)5-7-19(16)26-21(17)28/h5-8,11-13,17,24H,3-4,9-10H2,1-2H3,(H,26,28). The number of benzene rings is 2. The second-order valence-corrected chi connectivity index (χ2v) is 6.59. The summed E-state index contributed by atoms with van der Waals surface area (Å²) in [6.07, 6.45) is 1.42. The smallest absolute Gasteiger partial charge is 0.237 e. The highest BCUT2D eigenvalue weighted by molar-refractivity contribution is 6.12. The largest absolute Gasteiger partial charge is 0.381 e. The SMILES string of the molecule is CCN(CC)CCNc1ccc(N=CC2C(=O)Nc3ccc(F)cc32)cc1F. The van der Waals surface area contributed by atoms with E-state index in [0.29, 0.717) is 29.2 Å². The van der Waals surface area contributed by atoms with Crippen LogP contribution in [0.4, 0.5) is 25.8 Å². The molecule has 0 radical (unpaired) electrons. The number of nitrogens with one attached hydrogen (secondary N) is 2. The van der Waals surface area contributed by atoms with Crippen molar-refractivity contribution in [2.24, 2.45) is 4.99 Å². The lowest BCUT2D eigenvalue weighted by molar-refractivity contribution is -0.115. The van der Waals surface area contributed by atoms with Gasteiger partial charge in [-0.3, -0.25) is 9.79 Å². The van der Waals surface area contributed by atoms with Crippen LogP contribution in [0.5, 0.6) is 0 Å². The molecule has 1 aliphatic heterocycles. The molecule has 5 nitrogen and oxygen atoms in total. The fraction of sp³-hybridized carbons (Fsp3) is 0.333. The normalized spacial score (nSPS) is 15.9. The Kier molecular flexibility index (Phi) is 6.36. The van der Waals surface area contributed by atoms with Gasteiger partial charge in [0.2, 0.25) is 5.91 Å². The van der Waals surface area contributed by atoms with Crippen LogP contribution in [0.1, 0.15) is 25.3 Å². The quantitative estimate of drug-likeness (QED) is 0.670. The summed E-state index contributed by atoms with van der Waals surface area (Å²) >= 11 is 0. The Morgan fingerprint density at radius 1 is 1.18 bits per heavy atom. The maximum absolute atomic E-state index is 14.3. The predicted molar refractivity (Wildman–Crippen MR) is 109 cm³/mol. The number of likely N-dealkylation sites (N-methyl/N-ethyl adjacent to an activating group) is 1. The molecule has 1 atom stereocenters. The van der Waals surface area contributed by atoms with Crippen molar-refractivity contribution < 1.29 is 13.6 Å². The summed E-state index contributed by atoms with van der Waals surface area (Å²) in [5.74, 6) is -1.79. The van der Waals surface area contributed by atoms with Gasteiger partial charge in [0, 0.05) is 31.1 Å². The molecule has 0 spiro atoms. The molecule has 2 aromatic carbocycles. The molecule has 1 heterocycles. The summed E-state index contributed by atoms with van der Waals surface area (Å²) < 4.78 is 27.8. The first kappa shape index (κ1) is 19.9. The Morgan fingerprint density at radius 2 is 1.96 bits per heavy atom. The number of carbonyl (C=O) groups excluding carboxylic acids is 1. The number of nitrogens with zero attached hydrogens (tertiary/aromatic N) is 2. The molecule has 148 valence electrons. The van der Waals surface area contributed by atoms with Crippen LogP contribution in [0.2, 0.25) is 0 Å². The van der Waals surface area contributed by atoms with E-state index in [4.69, 9.17) is 0 Å². The molecule has 0 bridgehead atoms. The molecule has 2 N–H and O–H groups in total. The van der Waals surface area contributed by atoms with E-state index in [2.05, 4.69) is 34.4 Å². The van der Waals surface area contributed by atoms with Crippen LogP contribution in [0, 0.1) is 11.6 Å². The highest BCUT2D eigenvalue weighted by Gasteiger charge is 2.29. The van der Waals surface area contributed by atoms with Gasteiger partial charge in [-0.2, -0.15) is 0 Å². The summed E-state index contributed by atoms with van der Waals surface area (Å²) in [6, 6.07) is 8.75. The van der Waals surface area contributed by atoms with Crippen molar-refractivity contribution in [3.05, 3.63) is 53.6 Å². The topological polar surface area (TPSA) is 56.7 Å². The minimum Gasteiger partial charge on any atom is -0.381 e. The number of rotatable bonds is 8. The third-order valence-corrected chi connectivity index (χ3v) is 4.85. The van der Waals surface area contributed by atoms with Crippen molar-refractivity contribution in [2.75, 3.05) is 36.8 Å². The lowest BCUT2D eigenvalue weighted by Crippen LogP contribution is -2.28. The van der Waals surface area contributed by atoms with Crippen LogP contribution < -0.4 is 10.6 Å². The Bertz CT molecular complexity index is 881. The summed E-state index contributed by atoms with van der Waals surface area (Å²) in [7, 11) is 0. The molecule has 1 aliphatic rings. The highest BCUT2D eigenvalue weighted by atomic mass is 19.1. The molecule has 2 aromatic rings. The van der Waals surface area contributed by atoms with E-state index >= 15 is 0 Å². The van der Waals surface area contributed by atoms with Gasteiger partial charge in [0.05, 0.1) is 11.4 Å². The maximum Gasteiger partial charge on any atom is 0.237 e. The Labute approximate surface area is 163 Å². The van der Waals surface area contributed by atoms with Crippen molar-refractivity contribution in [1.82, 2.24) is 4.90 Å². The van der Waals surface area contributed by atoms with Gasteiger partial charge in [-0.05, 0) is 49.0 Å². The van der Waals surface area contributed by atoms with Crippen molar-refractivity contribution in [1.29, 1.82) is 0 Å². The van der Waals surface area contributed by atoms with Gasteiger partial charge in [-0.1, -0.05) is 13.8 Å². The van der Waals surface area contributed by atoms with E-state index in [1.807, 2.05) is 0 Å². The average Bonchev–Trinajstić information content (AvgIpc) is 2.99. The number of halogens is 2. The maximum atomic E-state index is 14.3. The molecule has 0 aliphatic carbocycles. The van der Waals surface area contributed by atoms with Crippen LogP contribution >= 0.6 is 0 Å². The number of anilines is 2. The van der Waals surface area contributed by atoms with Crippen molar-refractivity contribution >= 4 is 29.2 Å². The lowest BCUT2D eigenvalue weighted by atomic mass is 10.0. The van der Waals surface area contributed by atoms with E-state index < -0.39 is 17.6 Å². The Balaban J connectivity index is 1.66. The van der Waals surface area contributed by atoms with Gasteiger partial charge < -0.3 is 15.5 Å². The predicted octanol–water partition coefficient (Wildman–Crippen LogP) is 4.16. The zero-order chi connectivity index (χ0) is 20.1. The second kappa shape index (κ2) is 8.93.